The third-order valence-electron chi connectivity index (χ3n) is 6.49. The van der Waals surface area contributed by atoms with Crippen molar-refractivity contribution in [3.8, 4) is 0 Å². The molecule has 5 heteroatoms. The van der Waals surface area contributed by atoms with Crippen LogP contribution < -0.4 is 0 Å². The molecule has 0 aliphatic carbocycles. The minimum atomic E-state index is -2.02. The summed E-state index contributed by atoms with van der Waals surface area (Å²) in [5.41, 5.74) is 2.39. The number of benzene rings is 2. The van der Waals surface area contributed by atoms with Gasteiger partial charge in [0, 0.05) is 22.6 Å². The number of nitrogens with zero attached hydrogens (tertiary/aromatic N) is 1. The van der Waals surface area contributed by atoms with Crippen LogP contribution in [0.4, 0.5) is 0 Å². The molecule has 1 heterocycles. The molecule has 4 atom stereocenters. The van der Waals surface area contributed by atoms with Crippen molar-refractivity contribution in [3.05, 3.63) is 69.7 Å². The van der Waals surface area contributed by atoms with Crippen LogP contribution in [0.3, 0.4) is 0 Å². The number of hydrogen-bond donors (Lipinski definition) is 0. The van der Waals surface area contributed by atoms with Crippen LogP contribution >= 0.6 is 23.2 Å². The quantitative estimate of drug-likeness (QED) is 0.314. The number of hydrogen-bond acceptors (Lipinski definition) is 2. The van der Waals surface area contributed by atoms with Crippen LogP contribution in [0.15, 0.2) is 48.5 Å². The molecule has 0 radical (unpaired) electrons. The first-order valence-electron chi connectivity index (χ1n) is 10.5. The summed E-state index contributed by atoms with van der Waals surface area (Å²) in [4.78, 5) is 2.56. The van der Waals surface area contributed by atoms with Gasteiger partial charge in [-0.05, 0) is 59.9 Å². The number of rotatable bonds is 7. The first-order chi connectivity index (χ1) is 13.5. The molecule has 0 amide bonds. The normalized spacial score (nSPS) is 21.7. The summed E-state index contributed by atoms with van der Waals surface area (Å²) >= 11 is 12.6. The highest BCUT2D eigenvalue weighted by Crippen LogP contribution is 2.48. The molecule has 1 aliphatic heterocycles. The van der Waals surface area contributed by atoms with Crippen molar-refractivity contribution in [2.75, 3.05) is 6.54 Å². The average Bonchev–Trinajstić information content (AvgIpc) is 3.41. The fourth-order valence-electron chi connectivity index (χ4n) is 3.59. The van der Waals surface area contributed by atoms with Gasteiger partial charge in [-0.25, -0.2) is 0 Å². The fraction of sp³-hybridized carbons (Fsp3) is 0.500. The van der Waals surface area contributed by atoms with Gasteiger partial charge in [0.1, 0.15) is 0 Å². The Kier molecular flexibility index (Phi) is 6.87. The van der Waals surface area contributed by atoms with E-state index in [0.29, 0.717) is 6.04 Å². The van der Waals surface area contributed by atoms with Gasteiger partial charge in [0.2, 0.25) is 0 Å². The molecule has 0 spiro atoms. The standard InChI is InChI=1S/C24H33Cl2NOSi/c1-7-21-16-27(21)22(17-11-13-19(25)14-12-17)23(18-9-8-10-20(26)15-18)28-29(5,6)24(2,3)4/h8-15,21-23H,7,16H2,1-6H3/t21?,22-,23-,27?/m1/s1. The van der Waals surface area contributed by atoms with Gasteiger partial charge in [0.25, 0.3) is 0 Å². The van der Waals surface area contributed by atoms with E-state index in [1.54, 1.807) is 0 Å². The Hall–Kier alpha value is -0.843. The van der Waals surface area contributed by atoms with Crippen LogP contribution in [0, 0.1) is 0 Å². The summed E-state index contributed by atoms with van der Waals surface area (Å²) in [5, 5.41) is 1.63. The molecule has 0 saturated carbocycles. The summed E-state index contributed by atoms with van der Waals surface area (Å²) in [7, 11) is -2.02. The van der Waals surface area contributed by atoms with Gasteiger partial charge in [-0.15, -0.1) is 0 Å². The molecule has 1 fully saturated rings. The maximum absolute atomic E-state index is 7.09. The average molecular weight is 451 g/mol. The molecule has 29 heavy (non-hydrogen) atoms. The Bertz CT molecular complexity index is 832. The van der Waals surface area contributed by atoms with Crippen LogP contribution in [-0.2, 0) is 4.43 Å². The van der Waals surface area contributed by atoms with Gasteiger partial charge < -0.3 is 4.43 Å². The minimum Gasteiger partial charge on any atom is -0.408 e. The molecule has 2 aromatic carbocycles. The SMILES string of the molecule is CCC1CN1[C@H](c1ccc(Cl)cc1)[C@H](O[Si](C)(C)C(C)(C)C)c1cccc(Cl)c1. The van der Waals surface area contributed by atoms with E-state index in [-0.39, 0.29) is 17.2 Å². The molecule has 158 valence electrons. The van der Waals surface area contributed by atoms with Crippen LogP contribution in [0.2, 0.25) is 28.2 Å². The molecule has 1 saturated heterocycles. The lowest BCUT2D eigenvalue weighted by Gasteiger charge is -2.42. The molecule has 0 bridgehead atoms. The zero-order valence-corrected chi connectivity index (χ0v) is 20.9. The van der Waals surface area contributed by atoms with E-state index in [9.17, 15) is 0 Å². The fourth-order valence-corrected chi connectivity index (χ4v) is 5.17. The van der Waals surface area contributed by atoms with Crippen molar-refractivity contribution >= 4 is 31.5 Å². The lowest BCUT2D eigenvalue weighted by atomic mass is 9.95. The minimum absolute atomic E-state index is 0.0766. The highest BCUT2D eigenvalue weighted by atomic mass is 35.5. The third-order valence-corrected chi connectivity index (χ3v) is 11.4. The number of halogens is 2. The maximum Gasteiger partial charge on any atom is 0.193 e. The van der Waals surface area contributed by atoms with E-state index in [0.717, 1.165) is 28.6 Å². The third kappa shape index (κ3) is 5.26. The van der Waals surface area contributed by atoms with Crippen molar-refractivity contribution in [2.24, 2.45) is 0 Å². The van der Waals surface area contributed by atoms with Gasteiger partial charge in [-0.2, -0.15) is 0 Å². The van der Waals surface area contributed by atoms with E-state index in [1.165, 1.54) is 5.56 Å². The summed E-state index contributed by atoms with van der Waals surface area (Å²) in [6, 6.07) is 17.2. The van der Waals surface area contributed by atoms with Crippen LogP contribution in [0.5, 0.6) is 0 Å². The van der Waals surface area contributed by atoms with E-state index >= 15 is 0 Å². The molecule has 0 aromatic heterocycles. The summed E-state index contributed by atoms with van der Waals surface area (Å²) in [6.45, 7) is 14.9. The van der Waals surface area contributed by atoms with E-state index < -0.39 is 8.32 Å². The predicted octanol–water partition coefficient (Wildman–Crippen LogP) is 7.89. The van der Waals surface area contributed by atoms with E-state index in [1.807, 2.05) is 24.3 Å². The Morgan fingerprint density at radius 2 is 1.69 bits per heavy atom. The van der Waals surface area contributed by atoms with E-state index in [2.05, 4.69) is 70.0 Å². The second-order valence-corrected chi connectivity index (χ2v) is 15.2. The summed E-state index contributed by atoms with van der Waals surface area (Å²) < 4.78 is 7.09. The zero-order chi connectivity index (χ0) is 21.4. The first kappa shape index (κ1) is 22.8. The predicted molar refractivity (Wildman–Crippen MR) is 127 cm³/mol. The monoisotopic (exact) mass is 449 g/mol. The van der Waals surface area contributed by atoms with Crippen molar-refractivity contribution < 1.29 is 4.43 Å². The Labute approximate surface area is 187 Å². The van der Waals surface area contributed by atoms with Crippen molar-refractivity contribution in [3.63, 3.8) is 0 Å². The summed E-state index contributed by atoms with van der Waals surface area (Å²) in [5.74, 6) is 0. The van der Waals surface area contributed by atoms with Crippen LogP contribution in [0.25, 0.3) is 0 Å². The molecular weight excluding hydrogens is 417 g/mol. The van der Waals surface area contributed by atoms with Gasteiger partial charge in [0.05, 0.1) is 12.1 Å². The molecule has 2 unspecified atom stereocenters. The maximum atomic E-state index is 7.09. The smallest absolute Gasteiger partial charge is 0.193 e. The lowest BCUT2D eigenvalue weighted by Crippen LogP contribution is -2.43. The highest BCUT2D eigenvalue weighted by Gasteiger charge is 2.47. The molecule has 2 nitrogen and oxygen atoms in total. The van der Waals surface area contributed by atoms with E-state index in [4.69, 9.17) is 27.6 Å². The first-order valence-corrected chi connectivity index (χ1v) is 14.1. The molecule has 1 aliphatic rings. The van der Waals surface area contributed by atoms with Gasteiger partial charge >= 0.3 is 0 Å². The molecule has 2 aromatic rings. The zero-order valence-electron chi connectivity index (χ0n) is 18.4. The Balaban J connectivity index is 2.08. The van der Waals surface area contributed by atoms with Crippen molar-refractivity contribution in [1.82, 2.24) is 4.90 Å². The highest BCUT2D eigenvalue weighted by molar-refractivity contribution is 6.74. The second-order valence-electron chi connectivity index (χ2n) is 9.61. The molecular formula is C24H33Cl2NOSi. The Morgan fingerprint density at radius 1 is 1.03 bits per heavy atom. The lowest BCUT2D eigenvalue weighted by molar-refractivity contribution is 0.104. The van der Waals surface area contributed by atoms with Crippen molar-refractivity contribution in [2.45, 2.75) is 70.4 Å². The van der Waals surface area contributed by atoms with Gasteiger partial charge in [-0.3, -0.25) is 4.90 Å². The van der Waals surface area contributed by atoms with Gasteiger partial charge in [0.15, 0.2) is 8.32 Å². The Morgan fingerprint density at radius 3 is 2.21 bits per heavy atom. The molecule has 3 rings (SSSR count). The summed E-state index contributed by atoms with van der Waals surface area (Å²) in [6.07, 6.45) is 1.07. The molecule has 0 N–H and O–H groups in total. The van der Waals surface area contributed by atoms with Crippen molar-refractivity contribution in [1.29, 1.82) is 0 Å². The largest absolute Gasteiger partial charge is 0.408 e. The van der Waals surface area contributed by atoms with Crippen LogP contribution in [0.1, 0.15) is 57.4 Å². The second kappa shape index (κ2) is 8.72. The topological polar surface area (TPSA) is 12.2 Å². The van der Waals surface area contributed by atoms with Crippen LogP contribution in [-0.4, -0.2) is 25.8 Å². The van der Waals surface area contributed by atoms with Gasteiger partial charge in [-0.1, -0.05) is 75.2 Å².